The molecule has 2 rings (SSSR count). The zero-order valence-electron chi connectivity index (χ0n) is 12.6. The Bertz CT molecular complexity index is 422. The number of benzene rings is 1. The van der Waals surface area contributed by atoms with Crippen molar-refractivity contribution in [3.63, 3.8) is 0 Å². The molecular weight excluding hydrogens is 332 g/mol. The SMILES string of the molecule is CN1CCC(CNCC(O)COc2cccc(Br)c2)CC1. The molecule has 1 atom stereocenters. The van der Waals surface area contributed by atoms with Crippen LogP contribution in [0.15, 0.2) is 28.7 Å². The first-order valence-corrected chi connectivity index (χ1v) is 8.38. The molecule has 118 valence electrons. The van der Waals surface area contributed by atoms with Crippen molar-refractivity contribution in [1.29, 1.82) is 0 Å². The highest BCUT2D eigenvalue weighted by Crippen LogP contribution is 2.18. The molecule has 0 radical (unpaired) electrons. The third-order valence-corrected chi connectivity index (χ3v) is 4.38. The van der Waals surface area contributed by atoms with Crippen molar-refractivity contribution < 1.29 is 9.84 Å². The largest absolute Gasteiger partial charge is 0.491 e. The zero-order valence-corrected chi connectivity index (χ0v) is 14.2. The minimum Gasteiger partial charge on any atom is -0.491 e. The highest BCUT2D eigenvalue weighted by Gasteiger charge is 2.16. The second-order valence-electron chi connectivity index (χ2n) is 5.83. The van der Waals surface area contributed by atoms with Crippen molar-refractivity contribution in [2.24, 2.45) is 5.92 Å². The molecule has 1 aromatic rings. The standard InChI is InChI=1S/C16H25BrN2O2/c1-19-7-5-13(6-8-19)10-18-11-15(20)12-21-16-4-2-3-14(17)9-16/h2-4,9,13,15,18,20H,5-8,10-12H2,1H3. The lowest BCUT2D eigenvalue weighted by molar-refractivity contribution is 0.104. The van der Waals surface area contributed by atoms with E-state index in [0.29, 0.717) is 13.2 Å². The van der Waals surface area contributed by atoms with Gasteiger partial charge < -0.3 is 20.1 Å². The van der Waals surface area contributed by atoms with Crippen LogP contribution in [0.1, 0.15) is 12.8 Å². The second-order valence-corrected chi connectivity index (χ2v) is 6.74. The summed E-state index contributed by atoms with van der Waals surface area (Å²) in [6.07, 6.45) is 2.01. The maximum atomic E-state index is 9.94. The number of nitrogens with zero attached hydrogens (tertiary/aromatic N) is 1. The molecule has 2 N–H and O–H groups in total. The first-order chi connectivity index (χ1) is 10.1. The maximum absolute atomic E-state index is 9.94. The quantitative estimate of drug-likeness (QED) is 0.785. The third-order valence-electron chi connectivity index (χ3n) is 3.89. The fraction of sp³-hybridized carbons (Fsp3) is 0.625. The molecule has 0 bridgehead atoms. The molecule has 1 fully saturated rings. The number of rotatable bonds is 7. The minimum atomic E-state index is -0.477. The van der Waals surface area contributed by atoms with Crippen LogP contribution in [0.25, 0.3) is 0 Å². The number of aliphatic hydroxyl groups excluding tert-OH is 1. The molecule has 1 aliphatic heterocycles. The van der Waals surface area contributed by atoms with Gasteiger partial charge in [0.05, 0.1) is 0 Å². The first kappa shape index (κ1) is 16.7. The Hall–Kier alpha value is -0.620. The number of hydrogen-bond donors (Lipinski definition) is 2. The molecule has 0 aliphatic carbocycles. The van der Waals surface area contributed by atoms with Gasteiger partial charge in [0.15, 0.2) is 0 Å². The number of halogens is 1. The van der Waals surface area contributed by atoms with Crippen molar-refractivity contribution >= 4 is 15.9 Å². The summed E-state index contributed by atoms with van der Waals surface area (Å²) < 4.78 is 6.56. The summed E-state index contributed by atoms with van der Waals surface area (Å²) in [6, 6.07) is 7.67. The van der Waals surface area contributed by atoms with Gasteiger partial charge in [0, 0.05) is 11.0 Å². The Labute approximate surface area is 135 Å². The van der Waals surface area contributed by atoms with Gasteiger partial charge in [-0.1, -0.05) is 22.0 Å². The van der Waals surface area contributed by atoms with E-state index in [1.165, 1.54) is 25.9 Å². The van der Waals surface area contributed by atoms with Crippen LogP contribution in [0.2, 0.25) is 0 Å². The van der Waals surface area contributed by atoms with E-state index in [4.69, 9.17) is 4.74 Å². The van der Waals surface area contributed by atoms with Crippen LogP contribution < -0.4 is 10.1 Å². The summed E-state index contributed by atoms with van der Waals surface area (Å²) in [5, 5.41) is 13.3. The smallest absolute Gasteiger partial charge is 0.120 e. The van der Waals surface area contributed by atoms with Crippen LogP contribution in [-0.4, -0.2) is 55.9 Å². The number of likely N-dealkylation sites (tertiary alicyclic amines) is 1. The number of aliphatic hydroxyl groups is 1. The molecule has 1 aromatic carbocycles. The molecule has 1 unspecified atom stereocenters. The van der Waals surface area contributed by atoms with Gasteiger partial charge in [-0.25, -0.2) is 0 Å². The molecule has 1 heterocycles. The molecule has 1 aliphatic rings. The van der Waals surface area contributed by atoms with E-state index in [2.05, 4.69) is 33.2 Å². The highest BCUT2D eigenvalue weighted by atomic mass is 79.9. The van der Waals surface area contributed by atoms with Crippen LogP contribution in [0.3, 0.4) is 0 Å². The van der Waals surface area contributed by atoms with Crippen LogP contribution in [-0.2, 0) is 0 Å². The van der Waals surface area contributed by atoms with Gasteiger partial charge in [0.2, 0.25) is 0 Å². The molecule has 0 saturated carbocycles. The van der Waals surface area contributed by atoms with Crippen LogP contribution >= 0.6 is 15.9 Å². The van der Waals surface area contributed by atoms with E-state index in [9.17, 15) is 5.11 Å². The fourth-order valence-corrected chi connectivity index (χ4v) is 2.91. The second kappa shape index (κ2) is 8.73. The molecule has 4 nitrogen and oxygen atoms in total. The van der Waals surface area contributed by atoms with Gasteiger partial charge in [-0.05, 0) is 63.6 Å². The van der Waals surface area contributed by atoms with Gasteiger partial charge in [0.1, 0.15) is 18.5 Å². The predicted molar refractivity (Wildman–Crippen MR) is 88.7 cm³/mol. The molecule has 0 amide bonds. The van der Waals surface area contributed by atoms with Crippen molar-refractivity contribution in [3.8, 4) is 5.75 Å². The van der Waals surface area contributed by atoms with Crippen LogP contribution in [0.5, 0.6) is 5.75 Å². The number of piperidine rings is 1. The number of ether oxygens (including phenoxy) is 1. The van der Waals surface area contributed by atoms with Gasteiger partial charge in [0.25, 0.3) is 0 Å². The maximum Gasteiger partial charge on any atom is 0.120 e. The zero-order chi connectivity index (χ0) is 15.1. The third kappa shape index (κ3) is 6.34. The van der Waals surface area contributed by atoms with E-state index in [1.54, 1.807) is 0 Å². The Balaban J connectivity index is 1.58. The lowest BCUT2D eigenvalue weighted by Gasteiger charge is -2.29. The lowest BCUT2D eigenvalue weighted by atomic mass is 9.97. The van der Waals surface area contributed by atoms with Crippen LogP contribution in [0, 0.1) is 5.92 Å². The van der Waals surface area contributed by atoms with Crippen molar-refractivity contribution in [3.05, 3.63) is 28.7 Å². The molecule has 0 spiro atoms. The van der Waals surface area contributed by atoms with Crippen LogP contribution in [0.4, 0.5) is 0 Å². The lowest BCUT2D eigenvalue weighted by Crippen LogP contribution is -2.38. The summed E-state index contributed by atoms with van der Waals surface area (Å²) in [5.74, 6) is 1.51. The number of nitrogens with one attached hydrogen (secondary N) is 1. The van der Waals surface area contributed by atoms with Gasteiger partial charge >= 0.3 is 0 Å². The Morgan fingerprint density at radius 2 is 2.19 bits per heavy atom. The van der Waals surface area contributed by atoms with Crippen molar-refractivity contribution in [1.82, 2.24) is 10.2 Å². The predicted octanol–water partition coefficient (Wildman–Crippen LogP) is 2.12. The molecule has 21 heavy (non-hydrogen) atoms. The molecular formula is C16H25BrN2O2. The Kier molecular flexibility index (Phi) is 6.96. The summed E-state index contributed by atoms with van der Waals surface area (Å²) in [5.41, 5.74) is 0. The first-order valence-electron chi connectivity index (χ1n) is 7.59. The highest BCUT2D eigenvalue weighted by molar-refractivity contribution is 9.10. The molecule has 0 aromatic heterocycles. The summed E-state index contributed by atoms with van der Waals surface area (Å²) in [4.78, 5) is 2.37. The summed E-state index contributed by atoms with van der Waals surface area (Å²) in [7, 11) is 2.17. The van der Waals surface area contributed by atoms with E-state index in [1.807, 2.05) is 24.3 Å². The summed E-state index contributed by atoms with van der Waals surface area (Å²) in [6.45, 7) is 4.25. The fourth-order valence-electron chi connectivity index (χ4n) is 2.53. The van der Waals surface area contributed by atoms with E-state index in [-0.39, 0.29) is 0 Å². The minimum absolute atomic E-state index is 0.316. The molecule has 5 heteroatoms. The normalized spacial score (nSPS) is 18.6. The Morgan fingerprint density at radius 1 is 1.43 bits per heavy atom. The van der Waals surface area contributed by atoms with E-state index >= 15 is 0 Å². The van der Waals surface area contributed by atoms with E-state index in [0.717, 1.165) is 22.7 Å². The summed E-state index contributed by atoms with van der Waals surface area (Å²) >= 11 is 3.40. The topological polar surface area (TPSA) is 44.7 Å². The van der Waals surface area contributed by atoms with E-state index < -0.39 is 6.10 Å². The van der Waals surface area contributed by atoms with Gasteiger partial charge in [-0.2, -0.15) is 0 Å². The van der Waals surface area contributed by atoms with Crippen molar-refractivity contribution in [2.45, 2.75) is 18.9 Å². The van der Waals surface area contributed by atoms with Gasteiger partial charge in [-0.3, -0.25) is 0 Å². The number of hydrogen-bond acceptors (Lipinski definition) is 4. The average Bonchev–Trinajstić information content (AvgIpc) is 2.47. The molecule has 1 saturated heterocycles. The monoisotopic (exact) mass is 356 g/mol. The Morgan fingerprint density at radius 3 is 2.90 bits per heavy atom. The average molecular weight is 357 g/mol. The van der Waals surface area contributed by atoms with Gasteiger partial charge in [-0.15, -0.1) is 0 Å². The van der Waals surface area contributed by atoms with Crippen molar-refractivity contribution in [2.75, 3.05) is 39.8 Å².